The van der Waals surface area contributed by atoms with E-state index >= 15 is 0 Å². The third-order valence-corrected chi connectivity index (χ3v) is 2.17. The summed E-state index contributed by atoms with van der Waals surface area (Å²) in [7, 11) is 0. The number of carbonyl (C=O) groups excluding carboxylic acids is 1. The van der Waals surface area contributed by atoms with E-state index in [0.717, 1.165) is 6.61 Å². The molecule has 13 heavy (non-hydrogen) atoms. The second-order valence-corrected chi connectivity index (χ2v) is 4.03. The number of ether oxygens (including phenoxy) is 2. The van der Waals surface area contributed by atoms with Gasteiger partial charge in [-0.15, -0.1) is 0 Å². The monoisotopic (exact) mass is 184 g/mol. The van der Waals surface area contributed by atoms with Crippen molar-refractivity contribution in [2.75, 3.05) is 6.61 Å². The lowest BCUT2D eigenvalue weighted by Gasteiger charge is -2.27. The number of rotatable bonds is 4. The smallest absolute Gasteiger partial charge is 0.303 e. The Morgan fingerprint density at radius 2 is 2.38 bits per heavy atom. The van der Waals surface area contributed by atoms with Gasteiger partial charge in [0.25, 0.3) is 0 Å². The minimum atomic E-state index is -0.600. The Kier molecular flexibility index (Phi) is 2.48. The van der Waals surface area contributed by atoms with Crippen LogP contribution in [0.3, 0.4) is 0 Å². The summed E-state index contributed by atoms with van der Waals surface area (Å²) < 4.78 is 10.4. The van der Waals surface area contributed by atoms with E-state index in [1.54, 1.807) is 6.08 Å². The molecule has 3 nitrogen and oxygen atoms in total. The number of hydrogen-bond donors (Lipinski definition) is 0. The van der Waals surface area contributed by atoms with Crippen molar-refractivity contribution in [3.63, 3.8) is 0 Å². The Hall–Kier alpha value is -0.830. The summed E-state index contributed by atoms with van der Waals surface area (Å²) in [6.07, 6.45) is 2.32. The Morgan fingerprint density at radius 1 is 1.85 bits per heavy atom. The molecule has 1 saturated heterocycles. The molecule has 74 valence electrons. The second-order valence-electron chi connectivity index (χ2n) is 4.03. The highest BCUT2D eigenvalue weighted by atomic mass is 16.6. The minimum Gasteiger partial charge on any atom is -0.455 e. The number of esters is 1. The first-order valence-corrected chi connectivity index (χ1v) is 4.36. The van der Waals surface area contributed by atoms with Gasteiger partial charge in [0, 0.05) is 13.3 Å². The highest BCUT2D eigenvalue weighted by Gasteiger charge is 2.45. The Balaban J connectivity index is 2.57. The van der Waals surface area contributed by atoms with Gasteiger partial charge in [-0.05, 0) is 19.9 Å². The first kappa shape index (κ1) is 10.3. The Morgan fingerprint density at radius 3 is 2.69 bits per heavy atom. The van der Waals surface area contributed by atoms with Crippen molar-refractivity contribution in [1.29, 1.82) is 0 Å². The molecule has 1 heterocycles. The first-order valence-electron chi connectivity index (χ1n) is 4.36. The maximum atomic E-state index is 10.8. The van der Waals surface area contributed by atoms with Gasteiger partial charge in [-0.2, -0.15) is 0 Å². The lowest BCUT2D eigenvalue weighted by molar-refractivity contribution is -0.152. The molecular formula is C10H16O3. The van der Waals surface area contributed by atoms with Crippen molar-refractivity contribution < 1.29 is 14.3 Å². The maximum Gasteiger partial charge on any atom is 0.303 e. The average Bonchev–Trinajstić information content (AvgIpc) is 2.65. The van der Waals surface area contributed by atoms with Gasteiger partial charge in [0.2, 0.25) is 0 Å². The molecule has 0 radical (unpaired) electrons. The van der Waals surface area contributed by atoms with Crippen LogP contribution in [0.2, 0.25) is 0 Å². The molecule has 1 rings (SSSR count). The molecule has 0 aromatic rings. The minimum absolute atomic E-state index is 0.127. The van der Waals surface area contributed by atoms with E-state index in [4.69, 9.17) is 9.47 Å². The highest BCUT2D eigenvalue weighted by molar-refractivity contribution is 5.66. The van der Waals surface area contributed by atoms with Crippen LogP contribution in [0.4, 0.5) is 0 Å². The summed E-state index contributed by atoms with van der Waals surface area (Å²) >= 11 is 0. The predicted molar refractivity (Wildman–Crippen MR) is 49.3 cm³/mol. The van der Waals surface area contributed by atoms with Crippen LogP contribution in [0.1, 0.15) is 27.2 Å². The SMILES string of the molecule is C=CC(C)(CC1(C)CO1)OC(C)=O. The van der Waals surface area contributed by atoms with E-state index in [9.17, 15) is 4.79 Å². The number of carbonyl (C=O) groups is 1. The summed E-state index contributed by atoms with van der Waals surface area (Å²) in [6.45, 7) is 9.64. The van der Waals surface area contributed by atoms with E-state index in [1.807, 2.05) is 13.8 Å². The zero-order valence-electron chi connectivity index (χ0n) is 8.42. The third kappa shape index (κ3) is 2.84. The maximum absolute atomic E-state index is 10.8. The molecule has 0 N–H and O–H groups in total. The quantitative estimate of drug-likeness (QED) is 0.379. The van der Waals surface area contributed by atoms with Crippen LogP contribution in [-0.4, -0.2) is 23.8 Å². The van der Waals surface area contributed by atoms with Gasteiger partial charge in [0.1, 0.15) is 5.60 Å². The zero-order chi connectivity index (χ0) is 10.1. The molecule has 0 aromatic heterocycles. The van der Waals surface area contributed by atoms with Crippen LogP contribution in [-0.2, 0) is 14.3 Å². The fourth-order valence-electron chi connectivity index (χ4n) is 1.45. The molecule has 1 fully saturated rings. The van der Waals surface area contributed by atoms with Crippen molar-refractivity contribution in [3.8, 4) is 0 Å². The van der Waals surface area contributed by atoms with Crippen molar-refractivity contribution >= 4 is 5.97 Å². The fourth-order valence-corrected chi connectivity index (χ4v) is 1.45. The van der Waals surface area contributed by atoms with Crippen LogP contribution in [0.15, 0.2) is 12.7 Å². The van der Waals surface area contributed by atoms with Crippen molar-refractivity contribution in [1.82, 2.24) is 0 Å². The lowest BCUT2D eigenvalue weighted by Crippen LogP contribution is -2.33. The average molecular weight is 184 g/mol. The molecule has 2 unspecified atom stereocenters. The molecule has 0 spiro atoms. The van der Waals surface area contributed by atoms with E-state index in [2.05, 4.69) is 6.58 Å². The molecule has 0 bridgehead atoms. The Bertz CT molecular complexity index is 230. The predicted octanol–water partition coefficient (Wildman–Crippen LogP) is 1.67. The van der Waals surface area contributed by atoms with Gasteiger partial charge in [-0.1, -0.05) is 6.58 Å². The van der Waals surface area contributed by atoms with Gasteiger partial charge >= 0.3 is 5.97 Å². The molecule has 1 aliphatic heterocycles. The van der Waals surface area contributed by atoms with Crippen molar-refractivity contribution in [2.45, 2.75) is 38.4 Å². The summed E-state index contributed by atoms with van der Waals surface area (Å²) in [6, 6.07) is 0. The molecule has 1 aliphatic rings. The van der Waals surface area contributed by atoms with Crippen molar-refractivity contribution in [2.24, 2.45) is 0 Å². The molecular weight excluding hydrogens is 168 g/mol. The molecule has 0 amide bonds. The zero-order valence-corrected chi connectivity index (χ0v) is 8.42. The number of epoxide rings is 1. The summed E-state index contributed by atoms with van der Waals surface area (Å²) in [5, 5.41) is 0. The summed E-state index contributed by atoms with van der Waals surface area (Å²) in [5.74, 6) is -0.286. The molecule has 2 atom stereocenters. The largest absolute Gasteiger partial charge is 0.455 e. The third-order valence-electron chi connectivity index (χ3n) is 2.17. The molecule has 0 saturated carbocycles. The number of hydrogen-bond acceptors (Lipinski definition) is 3. The lowest BCUT2D eigenvalue weighted by atomic mass is 9.93. The molecule has 0 aromatic carbocycles. The fraction of sp³-hybridized carbons (Fsp3) is 0.700. The second kappa shape index (κ2) is 3.14. The Labute approximate surface area is 78.7 Å². The first-order chi connectivity index (χ1) is 5.89. The van der Waals surface area contributed by atoms with Gasteiger partial charge in [-0.25, -0.2) is 0 Å². The highest BCUT2D eigenvalue weighted by Crippen LogP contribution is 2.36. The van der Waals surface area contributed by atoms with Gasteiger partial charge < -0.3 is 9.47 Å². The van der Waals surface area contributed by atoms with Crippen molar-refractivity contribution in [3.05, 3.63) is 12.7 Å². The molecule has 0 aliphatic carbocycles. The normalized spacial score (nSPS) is 30.4. The summed E-state index contributed by atoms with van der Waals surface area (Å²) in [4.78, 5) is 10.8. The van der Waals surface area contributed by atoms with Crippen LogP contribution in [0.5, 0.6) is 0 Å². The molecule has 3 heteroatoms. The van der Waals surface area contributed by atoms with E-state index in [1.165, 1.54) is 6.92 Å². The van der Waals surface area contributed by atoms with Crippen LogP contribution in [0.25, 0.3) is 0 Å². The van der Waals surface area contributed by atoms with Crippen LogP contribution in [0, 0.1) is 0 Å². The van der Waals surface area contributed by atoms with Gasteiger partial charge in [-0.3, -0.25) is 4.79 Å². The van der Waals surface area contributed by atoms with Crippen LogP contribution < -0.4 is 0 Å². The summed E-state index contributed by atoms with van der Waals surface area (Å²) in [5.41, 5.74) is -0.727. The van der Waals surface area contributed by atoms with E-state index in [-0.39, 0.29) is 11.6 Å². The van der Waals surface area contributed by atoms with Gasteiger partial charge in [0.05, 0.1) is 12.2 Å². The topological polar surface area (TPSA) is 38.8 Å². The van der Waals surface area contributed by atoms with E-state index < -0.39 is 5.60 Å². The standard InChI is InChI=1S/C10H16O3/c1-5-9(3,13-8(2)11)6-10(4)7-12-10/h5H,1,6-7H2,2-4H3. The van der Waals surface area contributed by atoms with Crippen LogP contribution >= 0.6 is 0 Å². The van der Waals surface area contributed by atoms with Gasteiger partial charge in [0.15, 0.2) is 0 Å². The van der Waals surface area contributed by atoms with E-state index in [0.29, 0.717) is 6.42 Å².